The second-order valence-electron chi connectivity index (χ2n) is 7.95. The fourth-order valence-electron chi connectivity index (χ4n) is 4.08. The highest BCUT2D eigenvalue weighted by atomic mass is 32.2. The van der Waals surface area contributed by atoms with Crippen molar-refractivity contribution in [2.24, 2.45) is 4.99 Å². The lowest BCUT2D eigenvalue weighted by Gasteiger charge is -2.26. The Balaban J connectivity index is 1.54. The third-order valence-corrected chi connectivity index (χ3v) is 8.31. The van der Waals surface area contributed by atoms with Gasteiger partial charge in [-0.15, -0.1) is 0 Å². The van der Waals surface area contributed by atoms with Crippen LogP contribution < -0.4 is 10.2 Å². The third kappa shape index (κ3) is 4.73. The summed E-state index contributed by atoms with van der Waals surface area (Å²) in [5.41, 5.74) is 3.12. The van der Waals surface area contributed by atoms with E-state index >= 15 is 0 Å². The van der Waals surface area contributed by atoms with Gasteiger partial charge >= 0.3 is 0 Å². The fourth-order valence-corrected chi connectivity index (χ4v) is 6.84. The second kappa shape index (κ2) is 9.07. The van der Waals surface area contributed by atoms with E-state index in [-0.39, 0.29) is 41.0 Å². The molecule has 0 aromatic heterocycles. The molecule has 4 rings (SSSR count). The lowest BCUT2D eigenvalue weighted by atomic mass is 10.1. The van der Waals surface area contributed by atoms with E-state index in [2.05, 4.69) is 10.3 Å². The molecule has 0 radical (unpaired) electrons. The van der Waals surface area contributed by atoms with Crippen molar-refractivity contribution in [3.05, 3.63) is 59.7 Å². The van der Waals surface area contributed by atoms with Crippen LogP contribution in [0.2, 0.25) is 0 Å². The lowest BCUT2D eigenvalue weighted by molar-refractivity contribution is -0.113. The molecule has 2 aliphatic heterocycles. The number of anilines is 2. The summed E-state index contributed by atoms with van der Waals surface area (Å²) in [5, 5.41) is 3.56. The zero-order valence-electron chi connectivity index (χ0n) is 17.9. The van der Waals surface area contributed by atoms with Crippen molar-refractivity contribution < 1.29 is 18.0 Å². The van der Waals surface area contributed by atoms with E-state index in [9.17, 15) is 18.0 Å². The molecule has 2 heterocycles. The van der Waals surface area contributed by atoms with Crippen LogP contribution in [0.25, 0.3) is 0 Å². The zero-order chi connectivity index (χ0) is 22.9. The van der Waals surface area contributed by atoms with Crippen molar-refractivity contribution in [3.63, 3.8) is 0 Å². The molecule has 1 saturated heterocycles. The quantitative estimate of drug-likeness (QED) is 0.650. The minimum Gasteiger partial charge on any atom is -0.325 e. The summed E-state index contributed by atoms with van der Waals surface area (Å²) < 4.78 is 24.4. The smallest absolute Gasteiger partial charge is 0.234 e. The largest absolute Gasteiger partial charge is 0.325 e. The maximum atomic E-state index is 12.6. The Morgan fingerprint density at radius 1 is 1.16 bits per heavy atom. The number of thioether (sulfide) groups is 1. The first-order chi connectivity index (χ1) is 15.3. The number of benzene rings is 2. The number of para-hydroxylation sites is 1. The Bertz CT molecular complexity index is 1190. The summed E-state index contributed by atoms with van der Waals surface area (Å²) in [6.45, 7) is 3.53. The molecule has 0 unspecified atom stereocenters. The molecule has 0 spiro atoms. The molecule has 1 N–H and O–H groups in total. The minimum absolute atomic E-state index is 0.000692. The van der Waals surface area contributed by atoms with Crippen LogP contribution in [0.15, 0.2) is 53.5 Å². The number of carbonyl (C=O) groups is 2. The zero-order valence-corrected chi connectivity index (χ0v) is 19.6. The number of Topliss-reactive ketones (excluding diaryl/α,β-unsaturated/α-hetero) is 1. The number of hydrogen-bond acceptors (Lipinski definition) is 7. The van der Waals surface area contributed by atoms with Gasteiger partial charge < -0.3 is 10.2 Å². The number of rotatable bonds is 6. The molecule has 0 bridgehead atoms. The van der Waals surface area contributed by atoms with Gasteiger partial charge in [0.05, 0.1) is 29.3 Å². The molecule has 0 aliphatic carbocycles. The minimum atomic E-state index is -3.18. The van der Waals surface area contributed by atoms with Gasteiger partial charge in [0.25, 0.3) is 0 Å². The third-order valence-electron chi connectivity index (χ3n) is 5.64. The van der Waals surface area contributed by atoms with Crippen LogP contribution in [0.1, 0.15) is 29.8 Å². The molecule has 32 heavy (non-hydrogen) atoms. The van der Waals surface area contributed by atoms with Crippen LogP contribution in [0, 0.1) is 0 Å². The standard InChI is InChI=1S/C23H25N3O4S2/c1-3-16-7-4-5-10-19(16)24-22(28)12-31-23-25-20-13-32(29,30)14-21(20)26(23)18-9-6-8-17(11-18)15(2)27/h4-11,20-21H,3,12-14H2,1-2H3,(H,24,28)/t20-,21-/m1/s1. The number of aliphatic imine (C=N–C) groups is 1. The summed E-state index contributed by atoms with van der Waals surface area (Å²) in [6, 6.07) is 14.1. The van der Waals surface area contributed by atoms with Gasteiger partial charge in [-0.25, -0.2) is 8.42 Å². The molecule has 2 atom stereocenters. The number of amides is 1. The molecule has 2 aliphatic rings. The number of ketones is 1. The summed E-state index contributed by atoms with van der Waals surface area (Å²) >= 11 is 1.28. The molecule has 168 valence electrons. The van der Waals surface area contributed by atoms with Gasteiger partial charge in [0.1, 0.15) is 0 Å². The van der Waals surface area contributed by atoms with Gasteiger partial charge in [0, 0.05) is 16.9 Å². The van der Waals surface area contributed by atoms with E-state index in [1.807, 2.05) is 42.2 Å². The monoisotopic (exact) mass is 471 g/mol. The van der Waals surface area contributed by atoms with E-state index in [1.165, 1.54) is 18.7 Å². The Morgan fingerprint density at radius 2 is 1.94 bits per heavy atom. The maximum absolute atomic E-state index is 12.6. The van der Waals surface area contributed by atoms with E-state index < -0.39 is 9.84 Å². The number of aryl methyl sites for hydroxylation is 1. The van der Waals surface area contributed by atoms with Gasteiger partial charge in [0.15, 0.2) is 20.8 Å². The number of sulfone groups is 1. The van der Waals surface area contributed by atoms with E-state index in [4.69, 9.17) is 0 Å². The highest BCUT2D eigenvalue weighted by molar-refractivity contribution is 8.14. The predicted molar refractivity (Wildman–Crippen MR) is 129 cm³/mol. The van der Waals surface area contributed by atoms with Gasteiger partial charge in [-0.1, -0.05) is 49.0 Å². The number of nitrogens with one attached hydrogen (secondary N) is 1. The van der Waals surface area contributed by atoms with Crippen molar-refractivity contribution in [1.29, 1.82) is 0 Å². The van der Waals surface area contributed by atoms with E-state index in [1.54, 1.807) is 18.2 Å². The molecule has 2 aromatic rings. The van der Waals surface area contributed by atoms with Gasteiger partial charge in [-0.3, -0.25) is 14.6 Å². The average molecular weight is 472 g/mol. The van der Waals surface area contributed by atoms with Crippen molar-refractivity contribution in [2.45, 2.75) is 32.4 Å². The summed E-state index contributed by atoms with van der Waals surface area (Å²) in [6.07, 6.45) is 0.814. The fraction of sp³-hybridized carbons (Fsp3) is 0.348. The summed E-state index contributed by atoms with van der Waals surface area (Å²) in [7, 11) is -3.18. The van der Waals surface area contributed by atoms with Crippen LogP contribution in [-0.2, 0) is 21.1 Å². The first kappa shape index (κ1) is 22.5. The molecule has 7 nitrogen and oxygen atoms in total. The lowest BCUT2D eigenvalue weighted by Crippen LogP contribution is -2.39. The first-order valence-corrected chi connectivity index (χ1v) is 13.3. The Labute approximate surface area is 192 Å². The van der Waals surface area contributed by atoms with Crippen LogP contribution in [0.4, 0.5) is 11.4 Å². The SMILES string of the molecule is CCc1ccccc1NC(=O)CSC1=N[C@@H]2CS(=O)(=O)C[C@H]2N1c1cccc(C(C)=O)c1. The van der Waals surface area contributed by atoms with Gasteiger partial charge in [-0.2, -0.15) is 0 Å². The number of fused-ring (bicyclic) bond motifs is 1. The van der Waals surface area contributed by atoms with Crippen LogP contribution in [0.3, 0.4) is 0 Å². The van der Waals surface area contributed by atoms with Gasteiger partial charge in [-0.05, 0) is 37.1 Å². The Hall–Kier alpha value is -2.65. The molecule has 9 heteroatoms. The topological polar surface area (TPSA) is 95.9 Å². The number of hydrogen-bond donors (Lipinski definition) is 1. The molecule has 0 saturated carbocycles. The van der Waals surface area contributed by atoms with Crippen LogP contribution in [-0.4, -0.2) is 54.6 Å². The van der Waals surface area contributed by atoms with E-state index in [0.717, 1.165) is 17.7 Å². The number of amidine groups is 1. The van der Waals surface area contributed by atoms with Crippen molar-refractivity contribution in [1.82, 2.24) is 0 Å². The highest BCUT2D eigenvalue weighted by Crippen LogP contribution is 2.35. The number of nitrogens with zero attached hydrogens (tertiary/aromatic N) is 2. The van der Waals surface area contributed by atoms with Crippen LogP contribution in [0.5, 0.6) is 0 Å². The average Bonchev–Trinajstić information content (AvgIpc) is 3.23. The van der Waals surface area contributed by atoms with Gasteiger partial charge in [0.2, 0.25) is 5.91 Å². The summed E-state index contributed by atoms with van der Waals surface area (Å²) in [5.74, 6) is -0.0689. The first-order valence-electron chi connectivity index (χ1n) is 10.5. The van der Waals surface area contributed by atoms with Crippen LogP contribution >= 0.6 is 11.8 Å². The Kier molecular flexibility index (Phi) is 6.39. The molecular weight excluding hydrogens is 446 g/mol. The van der Waals surface area contributed by atoms with Crippen molar-refractivity contribution >= 4 is 49.8 Å². The normalized spacial score (nSPS) is 21.2. The summed E-state index contributed by atoms with van der Waals surface area (Å²) in [4.78, 5) is 31.0. The maximum Gasteiger partial charge on any atom is 0.234 e. The van der Waals surface area contributed by atoms with Crippen molar-refractivity contribution in [3.8, 4) is 0 Å². The molecule has 1 fully saturated rings. The molecule has 1 amide bonds. The Morgan fingerprint density at radius 3 is 2.69 bits per heavy atom. The number of carbonyl (C=O) groups excluding carboxylic acids is 2. The molecular formula is C23H25N3O4S2. The van der Waals surface area contributed by atoms with E-state index in [0.29, 0.717) is 16.4 Å². The second-order valence-corrected chi connectivity index (χ2v) is 11.0. The molecule has 2 aromatic carbocycles. The van der Waals surface area contributed by atoms with Crippen molar-refractivity contribution in [2.75, 3.05) is 27.5 Å². The predicted octanol–water partition coefficient (Wildman–Crippen LogP) is 3.17. The highest BCUT2D eigenvalue weighted by Gasteiger charge is 2.47.